The lowest BCUT2D eigenvalue weighted by Crippen LogP contribution is -2.27. The molecule has 148 valence electrons. The van der Waals surface area contributed by atoms with Crippen LogP contribution < -0.4 is 14.8 Å². The third-order valence-corrected chi connectivity index (χ3v) is 5.33. The Balaban J connectivity index is 1.26. The lowest BCUT2D eigenvalue weighted by molar-refractivity contribution is -0.118. The third-order valence-electron chi connectivity index (χ3n) is 4.41. The van der Waals surface area contributed by atoms with Gasteiger partial charge in [0.2, 0.25) is 5.91 Å². The molecule has 4 rings (SSSR count). The summed E-state index contributed by atoms with van der Waals surface area (Å²) in [7, 11) is 0. The number of hydrogen-bond acceptors (Lipinski definition) is 6. The van der Waals surface area contributed by atoms with Gasteiger partial charge in [0.1, 0.15) is 18.2 Å². The van der Waals surface area contributed by atoms with Crippen molar-refractivity contribution in [2.75, 3.05) is 25.5 Å². The summed E-state index contributed by atoms with van der Waals surface area (Å²) in [5.74, 6) is 1.77. The molecule has 0 fully saturated rings. The topological polar surface area (TPSA) is 73.3 Å². The first-order chi connectivity index (χ1) is 14.3. The fraction of sp³-hybridized carbons (Fsp3) is 0.227. The van der Waals surface area contributed by atoms with Crippen molar-refractivity contribution in [3.8, 4) is 22.8 Å². The summed E-state index contributed by atoms with van der Waals surface area (Å²) in [5, 5.41) is 12.2. The maximum atomic E-state index is 12.0. The van der Waals surface area contributed by atoms with Gasteiger partial charge < -0.3 is 14.8 Å². The molecule has 2 aromatic carbocycles. The zero-order valence-corrected chi connectivity index (χ0v) is 16.7. The van der Waals surface area contributed by atoms with Crippen LogP contribution in [0.2, 0.25) is 0 Å². The van der Waals surface area contributed by atoms with Crippen molar-refractivity contribution >= 4 is 17.7 Å². The Morgan fingerprint density at radius 3 is 2.59 bits per heavy atom. The minimum Gasteiger partial charge on any atom is -0.486 e. The summed E-state index contributed by atoms with van der Waals surface area (Å²) >= 11 is 1.37. The predicted octanol–water partition coefficient (Wildman–Crippen LogP) is 3.37. The number of amides is 1. The van der Waals surface area contributed by atoms with Crippen molar-refractivity contribution < 1.29 is 14.3 Å². The van der Waals surface area contributed by atoms with E-state index in [1.165, 1.54) is 17.3 Å². The molecule has 1 aliphatic rings. The van der Waals surface area contributed by atoms with Crippen LogP contribution in [0.1, 0.15) is 5.56 Å². The third kappa shape index (κ3) is 5.26. The zero-order chi connectivity index (χ0) is 19.9. The first-order valence-electron chi connectivity index (χ1n) is 9.45. The Hall–Kier alpha value is -3.06. The van der Waals surface area contributed by atoms with Gasteiger partial charge in [-0.2, -0.15) is 0 Å². The second kappa shape index (κ2) is 9.43. The number of fused-ring (bicyclic) bond motifs is 1. The van der Waals surface area contributed by atoms with Crippen LogP contribution in [0.15, 0.2) is 65.7 Å². The molecule has 1 aromatic heterocycles. The van der Waals surface area contributed by atoms with Crippen LogP contribution >= 0.6 is 11.8 Å². The fourth-order valence-electron chi connectivity index (χ4n) is 2.94. The van der Waals surface area contributed by atoms with Crippen LogP contribution in [-0.4, -0.2) is 41.6 Å². The first-order valence-corrected chi connectivity index (χ1v) is 10.4. The van der Waals surface area contributed by atoms with Crippen molar-refractivity contribution in [1.82, 2.24) is 15.5 Å². The van der Waals surface area contributed by atoms with Crippen LogP contribution in [0.4, 0.5) is 0 Å². The van der Waals surface area contributed by atoms with E-state index in [0.29, 0.717) is 30.5 Å². The Morgan fingerprint density at radius 2 is 1.79 bits per heavy atom. The van der Waals surface area contributed by atoms with E-state index in [1.54, 1.807) is 0 Å². The normalized spacial score (nSPS) is 12.4. The number of ether oxygens (including phenoxy) is 2. The van der Waals surface area contributed by atoms with Gasteiger partial charge in [-0.05, 0) is 42.3 Å². The molecule has 1 amide bonds. The van der Waals surface area contributed by atoms with Crippen LogP contribution in [-0.2, 0) is 11.2 Å². The van der Waals surface area contributed by atoms with E-state index in [-0.39, 0.29) is 5.91 Å². The van der Waals surface area contributed by atoms with Gasteiger partial charge >= 0.3 is 0 Å². The average molecular weight is 407 g/mol. The van der Waals surface area contributed by atoms with Gasteiger partial charge in [-0.15, -0.1) is 10.2 Å². The number of thioether (sulfide) groups is 1. The number of rotatable bonds is 7. The Labute approximate surface area is 173 Å². The van der Waals surface area contributed by atoms with Crippen LogP contribution in [0, 0.1) is 0 Å². The van der Waals surface area contributed by atoms with Crippen molar-refractivity contribution in [2.45, 2.75) is 11.4 Å². The first kappa shape index (κ1) is 19.3. The van der Waals surface area contributed by atoms with Gasteiger partial charge in [-0.25, -0.2) is 0 Å². The van der Waals surface area contributed by atoms with E-state index in [0.717, 1.165) is 29.2 Å². The molecule has 0 saturated carbocycles. The monoisotopic (exact) mass is 407 g/mol. The highest BCUT2D eigenvalue weighted by Gasteiger charge is 2.13. The molecule has 1 aliphatic heterocycles. The molecule has 3 aromatic rings. The van der Waals surface area contributed by atoms with Crippen LogP contribution in [0.25, 0.3) is 11.3 Å². The van der Waals surface area contributed by atoms with Crippen molar-refractivity contribution in [1.29, 1.82) is 0 Å². The van der Waals surface area contributed by atoms with Gasteiger partial charge in [-0.3, -0.25) is 4.79 Å². The second-order valence-corrected chi connectivity index (χ2v) is 7.49. The molecule has 7 heteroatoms. The highest BCUT2D eigenvalue weighted by molar-refractivity contribution is 7.99. The van der Waals surface area contributed by atoms with E-state index in [2.05, 4.69) is 27.6 Å². The number of hydrogen-bond donors (Lipinski definition) is 1. The average Bonchev–Trinajstić information content (AvgIpc) is 2.78. The largest absolute Gasteiger partial charge is 0.486 e. The fourth-order valence-corrected chi connectivity index (χ4v) is 3.58. The SMILES string of the molecule is O=C(CSc1ccc(-c2ccc3c(c2)OCCO3)nn1)NCCc1ccccc1. The van der Waals surface area contributed by atoms with E-state index in [4.69, 9.17) is 9.47 Å². The predicted molar refractivity (Wildman–Crippen MR) is 112 cm³/mol. The number of carbonyl (C=O) groups is 1. The van der Waals surface area contributed by atoms with Crippen molar-refractivity contribution in [3.63, 3.8) is 0 Å². The van der Waals surface area contributed by atoms with E-state index < -0.39 is 0 Å². The summed E-state index contributed by atoms with van der Waals surface area (Å²) in [4.78, 5) is 12.0. The Bertz CT molecular complexity index is 965. The standard InChI is InChI=1S/C22H21N3O3S/c26-21(23-11-10-16-4-2-1-3-5-16)15-29-22-9-7-18(24-25-22)17-6-8-19-20(14-17)28-13-12-27-19/h1-9,14H,10-13,15H2,(H,23,26). The molecule has 1 N–H and O–H groups in total. The van der Waals surface area contributed by atoms with Crippen LogP contribution in [0.5, 0.6) is 11.5 Å². The van der Waals surface area contributed by atoms with Crippen molar-refractivity contribution in [3.05, 3.63) is 66.2 Å². The van der Waals surface area contributed by atoms with Gasteiger partial charge in [-0.1, -0.05) is 42.1 Å². The number of aromatic nitrogens is 2. The molecule has 0 bridgehead atoms. The minimum atomic E-state index is -0.0105. The number of nitrogens with zero attached hydrogens (tertiary/aromatic N) is 2. The molecule has 0 unspecified atom stereocenters. The molecule has 6 nitrogen and oxygen atoms in total. The van der Waals surface area contributed by atoms with Gasteiger partial charge in [0, 0.05) is 12.1 Å². The zero-order valence-electron chi connectivity index (χ0n) is 15.8. The Morgan fingerprint density at radius 1 is 0.966 bits per heavy atom. The van der Waals surface area contributed by atoms with Crippen molar-refractivity contribution in [2.24, 2.45) is 0 Å². The number of benzene rings is 2. The molecular weight excluding hydrogens is 386 g/mol. The minimum absolute atomic E-state index is 0.0105. The Kier molecular flexibility index (Phi) is 6.26. The van der Waals surface area contributed by atoms with E-state index in [9.17, 15) is 4.79 Å². The molecule has 0 atom stereocenters. The summed E-state index contributed by atoms with van der Waals surface area (Å²) in [6.45, 7) is 1.74. The quantitative estimate of drug-likeness (QED) is 0.606. The molecule has 29 heavy (non-hydrogen) atoms. The molecule has 0 radical (unpaired) electrons. The molecule has 0 saturated heterocycles. The molecular formula is C22H21N3O3S. The summed E-state index contributed by atoms with van der Waals surface area (Å²) in [5.41, 5.74) is 2.87. The smallest absolute Gasteiger partial charge is 0.230 e. The molecule has 0 spiro atoms. The lowest BCUT2D eigenvalue weighted by atomic mass is 10.1. The number of nitrogens with one attached hydrogen (secondary N) is 1. The van der Waals surface area contributed by atoms with Crippen LogP contribution in [0.3, 0.4) is 0 Å². The van der Waals surface area contributed by atoms with E-state index in [1.807, 2.05) is 48.5 Å². The maximum Gasteiger partial charge on any atom is 0.230 e. The summed E-state index contributed by atoms with van der Waals surface area (Å²) in [6, 6.07) is 19.6. The summed E-state index contributed by atoms with van der Waals surface area (Å²) < 4.78 is 11.2. The van der Waals surface area contributed by atoms with Gasteiger partial charge in [0.25, 0.3) is 0 Å². The lowest BCUT2D eigenvalue weighted by Gasteiger charge is -2.18. The van der Waals surface area contributed by atoms with E-state index >= 15 is 0 Å². The maximum absolute atomic E-state index is 12.0. The molecule has 2 heterocycles. The van der Waals surface area contributed by atoms with Gasteiger partial charge in [0.05, 0.1) is 11.4 Å². The second-order valence-electron chi connectivity index (χ2n) is 6.49. The number of carbonyl (C=O) groups excluding carboxylic acids is 1. The highest BCUT2D eigenvalue weighted by atomic mass is 32.2. The summed E-state index contributed by atoms with van der Waals surface area (Å²) in [6.07, 6.45) is 0.821. The highest BCUT2D eigenvalue weighted by Crippen LogP contribution is 2.34. The van der Waals surface area contributed by atoms with Gasteiger partial charge in [0.15, 0.2) is 11.5 Å². The molecule has 0 aliphatic carbocycles.